The van der Waals surface area contributed by atoms with Crippen molar-refractivity contribution in [1.82, 2.24) is 9.97 Å². The van der Waals surface area contributed by atoms with Crippen molar-refractivity contribution in [3.05, 3.63) is 76.7 Å². The molecule has 0 saturated carbocycles. The van der Waals surface area contributed by atoms with Gasteiger partial charge < -0.3 is 10.6 Å². The molecule has 6 heteroatoms. The molecular formula is C19H17ClN4O. The molecule has 0 unspecified atom stereocenters. The van der Waals surface area contributed by atoms with Gasteiger partial charge in [0.25, 0.3) is 5.91 Å². The van der Waals surface area contributed by atoms with Gasteiger partial charge in [0.1, 0.15) is 17.3 Å². The van der Waals surface area contributed by atoms with E-state index in [4.69, 9.17) is 11.6 Å². The van der Waals surface area contributed by atoms with Crippen molar-refractivity contribution >= 4 is 34.7 Å². The Kier molecular flexibility index (Phi) is 4.95. The van der Waals surface area contributed by atoms with Crippen molar-refractivity contribution < 1.29 is 4.79 Å². The molecular weight excluding hydrogens is 336 g/mol. The summed E-state index contributed by atoms with van der Waals surface area (Å²) >= 11 is 6.15. The molecule has 0 atom stereocenters. The van der Waals surface area contributed by atoms with Crippen LogP contribution in [0.2, 0.25) is 5.02 Å². The Bertz CT molecular complexity index is 927. The topological polar surface area (TPSA) is 66.9 Å². The number of aryl methyl sites for hydroxylation is 2. The number of amides is 1. The SMILES string of the molecule is Cc1cccc(NC(=O)c2cc(Nc3ccccc3Cl)nc(C)n2)c1. The van der Waals surface area contributed by atoms with E-state index in [0.717, 1.165) is 11.3 Å². The van der Waals surface area contributed by atoms with E-state index in [1.54, 1.807) is 19.1 Å². The van der Waals surface area contributed by atoms with Gasteiger partial charge in [0.2, 0.25) is 0 Å². The number of carbonyl (C=O) groups excluding carboxylic acids is 1. The van der Waals surface area contributed by atoms with Crippen molar-refractivity contribution in [2.24, 2.45) is 0 Å². The van der Waals surface area contributed by atoms with E-state index in [9.17, 15) is 4.79 Å². The summed E-state index contributed by atoms with van der Waals surface area (Å²) in [7, 11) is 0. The number of carbonyl (C=O) groups is 1. The van der Waals surface area contributed by atoms with Gasteiger partial charge in [-0.05, 0) is 43.7 Å². The molecule has 5 nitrogen and oxygen atoms in total. The highest BCUT2D eigenvalue weighted by molar-refractivity contribution is 6.33. The molecule has 3 aromatic rings. The minimum Gasteiger partial charge on any atom is -0.339 e. The summed E-state index contributed by atoms with van der Waals surface area (Å²) in [6.45, 7) is 3.71. The molecule has 0 bridgehead atoms. The molecule has 2 N–H and O–H groups in total. The van der Waals surface area contributed by atoms with Crippen molar-refractivity contribution in [3.63, 3.8) is 0 Å². The van der Waals surface area contributed by atoms with Crippen LogP contribution in [0.1, 0.15) is 21.9 Å². The fourth-order valence-corrected chi connectivity index (χ4v) is 2.55. The lowest BCUT2D eigenvalue weighted by molar-refractivity contribution is 0.102. The van der Waals surface area contributed by atoms with Crippen LogP contribution in [0.25, 0.3) is 0 Å². The maximum Gasteiger partial charge on any atom is 0.274 e. The van der Waals surface area contributed by atoms with E-state index in [-0.39, 0.29) is 11.6 Å². The zero-order valence-electron chi connectivity index (χ0n) is 13.9. The molecule has 3 rings (SSSR count). The molecule has 0 saturated heterocycles. The number of anilines is 3. The first-order valence-corrected chi connectivity index (χ1v) is 8.14. The zero-order chi connectivity index (χ0) is 17.8. The van der Waals surface area contributed by atoms with Gasteiger partial charge >= 0.3 is 0 Å². The van der Waals surface area contributed by atoms with Crippen LogP contribution in [0.3, 0.4) is 0 Å². The van der Waals surface area contributed by atoms with Gasteiger partial charge in [-0.25, -0.2) is 9.97 Å². The van der Waals surface area contributed by atoms with Gasteiger partial charge in [-0.15, -0.1) is 0 Å². The lowest BCUT2D eigenvalue weighted by atomic mass is 10.2. The Labute approximate surface area is 151 Å². The number of para-hydroxylation sites is 1. The maximum absolute atomic E-state index is 12.5. The van der Waals surface area contributed by atoms with Gasteiger partial charge in [-0.3, -0.25) is 4.79 Å². The Morgan fingerprint density at radius 1 is 1.00 bits per heavy atom. The van der Waals surface area contributed by atoms with Gasteiger partial charge in [0.05, 0.1) is 10.7 Å². The number of hydrogen-bond donors (Lipinski definition) is 2. The number of benzene rings is 2. The van der Waals surface area contributed by atoms with E-state index in [1.165, 1.54) is 0 Å². The average molecular weight is 353 g/mol. The molecule has 0 aliphatic rings. The lowest BCUT2D eigenvalue weighted by Crippen LogP contribution is -2.15. The minimum absolute atomic E-state index is 0.281. The van der Waals surface area contributed by atoms with Crippen molar-refractivity contribution in [3.8, 4) is 0 Å². The first-order valence-electron chi connectivity index (χ1n) is 7.76. The number of nitrogens with one attached hydrogen (secondary N) is 2. The summed E-state index contributed by atoms with van der Waals surface area (Å²) in [5.74, 6) is 0.708. The van der Waals surface area contributed by atoms with Crippen molar-refractivity contribution in [2.75, 3.05) is 10.6 Å². The molecule has 1 amide bonds. The third kappa shape index (κ3) is 4.33. The second-order valence-electron chi connectivity index (χ2n) is 5.61. The maximum atomic E-state index is 12.5. The molecule has 25 heavy (non-hydrogen) atoms. The summed E-state index contributed by atoms with van der Waals surface area (Å²) in [6, 6.07) is 16.5. The number of nitrogens with zero attached hydrogens (tertiary/aromatic N) is 2. The van der Waals surface area contributed by atoms with Crippen LogP contribution < -0.4 is 10.6 Å². The standard InChI is InChI=1S/C19H17ClN4O/c1-12-6-5-7-14(10-12)23-19(25)17-11-18(22-13(2)21-17)24-16-9-4-3-8-15(16)20/h3-11H,1-2H3,(H,23,25)(H,21,22,24). The molecule has 0 spiro atoms. The third-order valence-corrected chi connectivity index (χ3v) is 3.81. The van der Waals surface area contributed by atoms with Gasteiger partial charge in [-0.2, -0.15) is 0 Å². The molecule has 1 aromatic heterocycles. The Morgan fingerprint density at radius 2 is 1.80 bits per heavy atom. The first kappa shape index (κ1) is 16.9. The molecule has 0 fully saturated rings. The highest BCUT2D eigenvalue weighted by Crippen LogP contribution is 2.24. The first-order chi connectivity index (χ1) is 12.0. The summed E-state index contributed by atoms with van der Waals surface area (Å²) in [6.07, 6.45) is 0. The smallest absolute Gasteiger partial charge is 0.274 e. The van der Waals surface area contributed by atoms with Crippen LogP contribution >= 0.6 is 11.6 Å². The van der Waals surface area contributed by atoms with E-state index >= 15 is 0 Å². The van der Waals surface area contributed by atoms with Gasteiger partial charge in [-0.1, -0.05) is 35.9 Å². The largest absolute Gasteiger partial charge is 0.339 e. The number of rotatable bonds is 4. The second kappa shape index (κ2) is 7.32. The van der Waals surface area contributed by atoms with Crippen LogP contribution in [-0.4, -0.2) is 15.9 Å². The zero-order valence-corrected chi connectivity index (χ0v) is 14.6. The summed E-state index contributed by atoms with van der Waals surface area (Å²) in [5.41, 5.74) is 2.79. The van der Waals surface area contributed by atoms with E-state index in [0.29, 0.717) is 22.4 Å². The monoisotopic (exact) mass is 352 g/mol. The number of halogens is 1. The molecule has 1 heterocycles. The highest BCUT2D eigenvalue weighted by atomic mass is 35.5. The van der Waals surface area contributed by atoms with E-state index in [2.05, 4.69) is 20.6 Å². The van der Waals surface area contributed by atoms with E-state index in [1.807, 2.05) is 49.4 Å². The van der Waals surface area contributed by atoms with Crippen molar-refractivity contribution in [1.29, 1.82) is 0 Å². The van der Waals surface area contributed by atoms with Crippen molar-refractivity contribution in [2.45, 2.75) is 13.8 Å². The molecule has 126 valence electrons. The Balaban J connectivity index is 1.83. The number of aromatic nitrogens is 2. The molecule has 0 aliphatic heterocycles. The third-order valence-electron chi connectivity index (χ3n) is 3.48. The van der Waals surface area contributed by atoms with Crippen LogP contribution in [0, 0.1) is 13.8 Å². The fourth-order valence-electron chi connectivity index (χ4n) is 2.37. The lowest BCUT2D eigenvalue weighted by Gasteiger charge is -2.10. The Hall–Kier alpha value is -2.92. The predicted molar refractivity (Wildman–Crippen MR) is 101 cm³/mol. The summed E-state index contributed by atoms with van der Waals surface area (Å²) in [5, 5.41) is 6.54. The minimum atomic E-state index is -0.293. The normalized spacial score (nSPS) is 10.4. The average Bonchev–Trinajstić information content (AvgIpc) is 2.56. The van der Waals surface area contributed by atoms with Gasteiger partial charge in [0, 0.05) is 11.8 Å². The van der Waals surface area contributed by atoms with Gasteiger partial charge in [0.15, 0.2) is 0 Å². The molecule has 2 aromatic carbocycles. The Morgan fingerprint density at radius 3 is 2.56 bits per heavy atom. The van der Waals surface area contributed by atoms with Crippen LogP contribution in [0.4, 0.5) is 17.2 Å². The predicted octanol–water partition coefficient (Wildman–Crippen LogP) is 4.74. The highest BCUT2D eigenvalue weighted by Gasteiger charge is 2.12. The molecule has 0 aliphatic carbocycles. The fraction of sp³-hybridized carbons (Fsp3) is 0.105. The molecule has 0 radical (unpaired) electrons. The summed E-state index contributed by atoms with van der Waals surface area (Å²) < 4.78 is 0. The van der Waals surface area contributed by atoms with Crippen LogP contribution in [0.15, 0.2) is 54.6 Å². The van der Waals surface area contributed by atoms with E-state index < -0.39 is 0 Å². The van der Waals surface area contributed by atoms with Crippen LogP contribution in [0.5, 0.6) is 0 Å². The second-order valence-corrected chi connectivity index (χ2v) is 6.02. The quantitative estimate of drug-likeness (QED) is 0.711. The van der Waals surface area contributed by atoms with Crippen LogP contribution in [-0.2, 0) is 0 Å². The number of hydrogen-bond acceptors (Lipinski definition) is 4. The summed E-state index contributed by atoms with van der Waals surface area (Å²) in [4.78, 5) is 21.0.